The Morgan fingerprint density at radius 2 is 1.88 bits per heavy atom. The molecule has 7 nitrogen and oxygen atoms in total. The second-order valence-corrected chi connectivity index (χ2v) is 7.10. The molecule has 3 aromatic rings. The zero-order chi connectivity index (χ0) is 17.0. The first kappa shape index (κ1) is 16.6. The summed E-state index contributed by atoms with van der Waals surface area (Å²) in [6.45, 7) is -0.105. The summed E-state index contributed by atoms with van der Waals surface area (Å²) in [4.78, 5) is 4.09. The summed E-state index contributed by atoms with van der Waals surface area (Å²) in [5.74, 6) is 0.155. The van der Waals surface area contributed by atoms with Gasteiger partial charge in [0.25, 0.3) is 5.89 Å². The summed E-state index contributed by atoms with van der Waals surface area (Å²) in [5.41, 5.74) is 1.04. The van der Waals surface area contributed by atoms with Gasteiger partial charge in [-0.05, 0) is 23.8 Å². The first-order chi connectivity index (χ1) is 11.5. The number of hydrogen-bond acceptors (Lipinski definition) is 6. The normalized spacial score (nSPS) is 11.5. The van der Waals surface area contributed by atoms with E-state index in [1.807, 2.05) is 0 Å². The Kier molecular flexibility index (Phi) is 4.89. The van der Waals surface area contributed by atoms with Gasteiger partial charge in [0.15, 0.2) is 0 Å². The van der Waals surface area contributed by atoms with Crippen LogP contribution in [0.2, 0.25) is 5.02 Å². The highest BCUT2D eigenvalue weighted by atomic mass is 35.5. The van der Waals surface area contributed by atoms with Crippen LogP contribution in [-0.2, 0) is 22.3 Å². The third-order valence-corrected chi connectivity index (χ3v) is 4.74. The van der Waals surface area contributed by atoms with Gasteiger partial charge >= 0.3 is 0 Å². The van der Waals surface area contributed by atoms with Gasteiger partial charge in [-0.3, -0.25) is 4.98 Å². The van der Waals surface area contributed by atoms with Gasteiger partial charge in [-0.25, -0.2) is 13.1 Å². The number of pyridine rings is 1. The SMILES string of the molecule is O=S(=O)(Cc1ccccc1Cl)NCc1nnc(-c2ccccn2)o1. The molecule has 0 aliphatic rings. The van der Waals surface area contributed by atoms with E-state index in [4.69, 9.17) is 16.0 Å². The molecule has 0 atom stereocenters. The molecular weight excluding hydrogens is 352 g/mol. The van der Waals surface area contributed by atoms with Gasteiger partial charge in [0.05, 0.1) is 12.3 Å². The largest absolute Gasteiger partial charge is 0.418 e. The summed E-state index contributed by atoms with van der Waals surface area (Å²) in [6, 6.07) is 12.1. The molecule has 0 fully saturated rings. The molecule has 3 rings (SSSR count). The van der Waals surface area contributed by atoms with Crippen LogP contribution in [0.3, 0.4) is 0 Å². The highest BCUT2D eigenvalue weighted by Crippen LogP contribution is 2.18. The summed E-state index contributed by atoms with van der Waals surface area (Å²) in [7, 11) is -3.59. The number of hydrogen-bond donors (Lipinski definition) is 1. The van der Waals surface area contributed by atoms with Crippen molar-refractivity contribution >= 4 is 21.6 Å². The van der Waals surface area contributed by atoms with E-state index in [-0.39, 0.29) is 24.1 Å². The molecule has 0 bridgehead atoms. The van der Waals surface area contributed by atoms with Crippen molar-refractivity contribution < 1.29 is 12.8 Å². The fourth-order valence-corrected chi connectivity index (χ4v) is 3.35. The number of nitrogens with zero attached hydrogens (tertiary/aromatic N) is 3. The van der Waals surface area contributed by atoms with Gasteiger partial charge in [0, 0.05) is 11.2 Å². The molecular formula is C15H13ClN4O3S. The molecule has 1 aromatic carbocycles. The zero-order valence-electron chi connectivity index (χ0n) is 12.4. The smallest absolute Gasteiger partial charge is 0.266 e. The minimum atomic E-state index is -3.59. The Balaban J connectivity index is 1.65. The zero-order valence-corrected chi connectivity index (χ0v) is 14.0. The molecule has 0 amide bonds. The van der Waals surface area contributed by atoms with Crippen LogP contribution in [0.5, 0.6) is 0 Å². The monoisotopic (exact) mass is 364 g/mol. The maximum Gasteiger partial charge on any atom is 0.266 e. The molecule has 0 aliphatic heterocycles. The van der Waals surface area contributed by atoms with E-state index in [0.29, 0.717) is 16.3 Å². The minimum absolute atomic E-state index is 0.105. The van der Waals surface area contributed by atoms with Crippen molar-refractivity contribution in [3.05, 3.63) is 65.1 Å². The Labute approximate surface area is 143 Å². The third kappa shape index (κ3) is 4.16. The summed E-state index contributed by atoms with van der Waals surface area (Å²) >= 11 is 5.98. The van der Waals surface area contributed by atoms with Gasteiger partial charge in [-0.2, -0.15) is 0 Å². The standard InChI is InChI=1S/C15H13ClN4O3S/c16-12-6-2-1-5-11(12)10-24(21,22)18-9-14-19-20-15(23-14)13-7-3-4-8-17-13/h1-8,18H,9-10H2. The van der Waals surface area contributed by atoms with Crippen molar-refractivity contribution in [2.24, 2.45) is 0 Å². The predicted octanol–water partition coefficient (Wildman–Crippen LogP) is 2.40. The van der Waals surface area contributed by atoms with E-state index in [0.717, 1.165) is 0 Å². The maximum absolute atomic E-state index is 12.1. The number of sulfonamides is 1. The lowest BCUT2D eigenvalue weighted by Gasteiger charge is -2.06. The van der Waals surface area contributed by atoms with Crippen LogP contribution in [0.4, 0.5) is 0 Å². The van der Waals surface area contributed by atoms with E-state index < -0.39 is 10.0 Å². The van der Waals surface area contributed by atoms with E-state index in [1.54, 1.807) is 48.7 Å². The molecule has 24 heavy (non-hydrogen) atoms. The number of aromatic nitrogens is 3. The van der Waals surface area contributed by atoms with Gasteiger partial charge in [-0.1, -0.05) is 35.9 Å². The van der Waals surface area contributed by atoms with Crippen LogP contribution in [0, 0.1) is 0 Å². The fraction of sp³-hybridized carbons (Fsp3) is 0.133. The second-order valence-electron chi connectivity index (χ2n) is 4.89. The summed E-state index contributed by atoms with van der Waals surface area (Å²) in [5, 5.41) is 8.06. The second kappa shape index (κ2) is 7.08. The lowest BCUT2D eigenvalue weighted by molar-refractivity contribution is 0.493. The minimum Gasteiger partial charge on any atom is -0.418 e. The molecule has 0 saturated heterocycles. The molecule has 0 radical (unpaired) electrons. The average Bonchev–Trinajstić information content (AvgIpc) is 3.05. The van der Waals surface area contributed by atoms with Gasteiger partial charge < -0.3 is 4.42 Å². The molecule has 0 saturated carbocycles. The molecule has 0 aliphatic carbocycles. The molecule has 0 unspecified atom stereocenters. The molecule has 2 aromatic heterocycles. The van der Waals surface area contributed by atoms with Gasteiger partial charge in [-0.15, -0.1) is 10.2 Å². The summed E-state index contributed by atoms with van der Waals surface area (Å²) in [6.07, 6.45) is 1.60. The Morgan fingerprint density at radius 1 is 1.08 bits per heavy atom. The van der Waals surface area contributed by atoms with Gasteiger partial charge in [0.2, 0.25) is 15.9 Å². The van der Waals surface area contributed by atoms with Crippen LogP contribution >= 0.6 is 11.6 Å². The summed E-state index contributed by atoms with van der Waals surface area (Å²) < 4.78 is 32.1. The van der Waals surface area contributed by atoms with Crippen molar-refractivity contribution in [3.8, 4) is 11.6 Å². The maximum atomic E-state index is 12.1. The lowest BCUT2D eigenvalue weighted by Crippen LogP contribution is -2.25. The highest BCUT2D eigenvalue weighted by molar-refractivity contribution is 7.88. The van der Waals surface area contributed by atoms with Crippen LogP contribution in [0.1, 0.15) is 11.5 Å². The number of halogens is 1. The first-order valence-corrected chi connectivity index (χ1v) is 9.01. The first-order valence-electron chi connectivity index (χ1n) is 6.98. The topological polar surface area (TPSA) is 98.0 Å². The van der Waals surface area contributed by atoms with E-state index in [1.165, 1.54) is 0 Å². The predicted molar refractivity (Wildman–Crippen MR) is 88.4 cm³/mol. The van der Waals surface area contributed by atoms with Crippen molar-refractivity contribution in [1.29, 1.82) is 0 Å². The van der Waals surface area contributed by atoms with Crippen LogP contribution in [0.25, 0.3) is 11.6 Å². The Bertz CT molecular complexity index is 929. The molecule has 2 heterocycles. The van der Waals surface area contributed by atoms with Crippen molar-refractivity contribution in [2.45, 2.75) is 12.3 Å². The number of nitrogens with one attached hydrogen (secondary N) is 1. The molecule has 0 spiro atoms. The van der Waals surface area contributed by atoms with E-state index in [9.17, 15) is 8.42 Å². The third-order valence-electron chi connectivity index (χ3n) is 3.10. The van der Waals surface area contributed by atoms with Crippen LogP contribution in [-0.4, -0.2) is 23.6 Å². The highest BCUT2D eigenvalue weighted by Gasteiger charge is 2.16. The van der Waals surface area contributed by atoms with Crippen LogP contribution in [0.15, 0.2) is 53.1 Å². The lowest BCUT2D eigenvalue weighted by atomic mass is 10.2. The quantitative estimate of drug-likeness (QED) is 0.721. The molecule has 9 heteroatoms. The van der Waals surface area contributed by atoms with E-state index in [2.05, 4.69) is 19.9 Å². The number of benzene rings is 1. The Morgan fingerprint density at radius 3 is 2.62 bits per heavy atom. The van der Waals surface area contributed by atoms with Crippen LogP contribution < -0.4 is 4.72 Å². The Hall–Kier alpha value is -2.29. The van der Waals surface area contributed by atoms with Crippen molar-refractivity contribution in [3.63, 3.8) is 0 Å². The van der Waals surface area contributed by atoms with Crippen molar-refractivity contribution in [2.75, 3.05) is 0 Å². The number of rotatable bonds is 6. The average molecular weight is 365 g/mol. The molecule has 1 N–H and O–H groups in total. The van der Waals surface area contributed by atoms with E-state index >= 15 is 0 Å². The molecule has 124 valence electrons. The fourth-order valence-electron chi connectivity index (χ4n) is 1.96. The van der Waals surface area contributed by atoms with Crippen molar-refractivity contribution in [1.82, 2.24) is 19.9 Å². The van der Waals surface area contributed by atoms with Gasteiger partial charge in [0.1, 0.15) is 5.69 Å².